The summed E-state index contributed by atoms with van der Waals surface area (Å²) in [6, 6.07) is 9.74. The van der Waals surface area contributed by atoms with Crippen LogP contribution in [0.15, 0.2) is 30.3 Å². The largest absolute Gasteiger partial charge is 0.439 e. The van der Waals surface area contributed by atoms with Crippen molar-refractivity contribution in [1.82, 2.24) is 9.97 Å². The van der Waals surface area contributed by atoms with Crippen LogP contribution in [-0.4, -0.2) is 16.5 Å². The lowest BCUT2D eigenvalue weighted by Crippen LogP contribution is -2.09. The molecule has 1 heterocycles. The molecule has 1 aromatic heterocycles. The van der Waals surface area contributed by atoms with Crippen LogP contribution in [0.25, 0.3) is 0 Å². The molecule has 0 unspecified atom stereocenters. The van der Waals surface area contributed by atoms with Crippen molar-refractivity contribution in [2.45, 2.75) is 40.0 Å². The maximum absolute atomic E-state index is 5.93. The van der Waals surface area contributed by atoms with Crippen LogP contribution in [0, 0.1) is 6.92 Å². The molecule has 0 aliphatic heterocycles. The second-order valence-corrected chi connectivity index (χ2v) is 5.01. The third-order valence-corrected chi connectivity index (χ3v) is 3.12. The van der Waals surface area contributed by atoms with Crippen molar-refractivity contribution in [1.29, 1.82) is 0 Å². The Kier molecular flexibility index (Phi) is 5.55. The number of aromatic nitrogens is 2. The first-order chi connectivity index (χ1) is 10.2. The number of ether oxygens (including phenoxy) is 1. The van der Waals surface area contributed by atoms with Gasteiger partial charge in [-0.3, -0.25) is 0 Å². The van der Waals surface area contributed by atoms with Crippen LogP contribution in [0.3, 0.4) is 0 Å². The van der Waals surface area contributed by atoms with Gasteiger partial charge >= 0.3 is 0 Å². The summed E-state index contributed by atoms with van der Waals surface area (Å²) in [6.45, 7) is 7.15. The van der Waals surface area contributed by atoms with E-state index in [9.17, 15) is 0 Å². The lowest BCUT2D eigenvalue weighted by molar-refractivity contribution is 0.454. The Balaban J connectivity index is 2.31. The van der Waals surface area contributed by atoms with E-state index < -0.39 is 0 Å². The fraction of sp³-hybridized carbons (Fsp3) is 0.412. The summed E-state index contributed by atoms with van der Waals surface area (Å²) in [5, 5.41) is 3.36. The molecule has 2 aromatic rings. The lowest BCUT2D eigenvalue weighted by atomic mass is 10.2. The summed E-state index contributed by atoms with van der Waals surface area (Å²) >= 11 is 0. The van der Waals surface area contributed by atoms with Gasteiger partial charge in [0.05, 0.1) is 5.56 Å². The third kappa shape index (κ3) is 4.18. The molecule has 1 N–H and O–H groups in total. The molecule has 4 heteroatoms. The Morgan fingerprint density at radius 3 is 2.48 bits per heavy atom. The monoisotopic (exact) mass is 285 g/mol. The van der Waals surface area contributed by atoms with Crippen molar-refractivity contribution in [3.05, 3.63) is 41.7 Å². The van der Waals surface area contributed by atoms with Crippen molar-refractivity contribution in [2.75, 3.05) is 11.9 Å². The van der Waals surface area contributed by atoms with Crippen molar-refractivity contribution >= 4 is 5.82 Å². The number of anilines is 1. The highest BCUT2D eigenvalue weighted by atomic mass is 16.5. The molecular formula is C17H23N3O. The van der Waals surface area contributed by atoms with E-state index >= 15 is 0 Å². The van der Waals surface area contributed by atoms with Gasteiger partial charge in [0.15, 0.2) is 0 Å². The molecular weight excluding hydrogens is 262 g/mol. The minimum Gasteiger partial charge on any atom is -0.439 e. The second-order valence-electron chi connectivity index (χ2n) is 5.01. The van der Waals surface area contributed by atoms with E-state index in [4.69, 9.17) is 4.74 Å². The Labute approximate surface area is 126 Å². The SMILES string of the molecule is CCCNc1nc(CCC)nc(Oc2ccccc2)c1C. The molecule has 0 saturated heterocycles. The average molecular weight is 285 g/mol. The zero-order chi connectivity index (χ0) is 15.1. The molecule has 2 rings (SSSR count). The highest BCUT2D eigenvalue weighted by Gasteiger charge is 2.12. The van der Waals surface area contributed by atoms with Crippen molar-refractivity contribution in [2.24, 2.45) is 0 Å². The molecule has 21 heavy (non-hydrogen) atoms. The standard InChI is InChI=1S/C17H23N3O/c1-4-9-15-19-16(18-12-5-2)13(3)17(20-15)21-14-10-7-6-8-11-14/h6-8,10-11H,4-5,9,12H2,1-3H3,(H,18,19,20). The van der Waals surface area contributed by atoms with Crippen LogP contribution in [0.4, 0.5) is 5.82 Å². The fourth-order valence-corrected chi connectivity index (χ4v) is 1.99. The van der Waals surface area contributed by atoms with Gasteiger partial charge in [0, 0.05) is 13.0 Å². The third-order valence-electron chi connectivity index (χ3n) is 3.12. The molecule has 0 atom stereocenters. The molecule has 0 saturated carbocycles. The summed E-state index contributed by atoms with van der Waals surface area (Å²) in [5.74, 6) is 3.13. The summed E-state index contributed by atoms with van der Waals surface area (Å²) in [7, 11) is 0. The first kappa shape index (κ1) is 15.3. The molecule has 0 aliphatic rings. The van der Waals surface area contributed by atoms with E-state index in [1.165, 1.54) is 0 Å². The fourth-order valence-electron chi connectivity index (χ4n) is 1.99. The predicted octanol–water partition coefficient (Wildman–Crippen LogP) is 4.35. The molecule has 112 valence electrons. The van der Waals surface area contributed by atoms with Gasteiger partial charge in [-0.2, -0.15) is 4.98 Å². The summed E-state index contributed by atoms with van der Waals surface area (Å²) in [4.78, 5) is 9.15. The van der Waals surface area contributed by atoms with Crippen LogP contribution in [-0.2, 0) is 6.42 Å². The van der Waals surface area contributed by atoms with Gasteiger partial charge in [0.1, 0.15) is 17.4 Å². The van der Waals surface area contributed by atoms with E-state index in [1.54, 1.807) is 0 Å². The van der Waals surface area contributed by atoms with Crippen LogP contribution in [0.5, 0.6) is 11.6 Å². The van der Waals surface area contributed by atoms with Gasteiger partial charge in [-0.25, -0.2) is 4.98 Å². The first-order valence-electron chi connectivity index (χ1n) is 7.58. The number of hydrogen-bond donors (Lipinski definition) is 1. The molecule has 0 spiro atoms. The van der Waals surface area contributed by atoms with Crippen LogP contribution in [0.2, 0.25) is 0 Å². The summed E-state index contributed by atoms with van der Waals surface area (Å²) in [6.07, 6.45) is 2.93. The van der Waals surface area contributed by atoms with E-state index in [1.807, 2.05) is 37.3 Å². The minimum atomic E-state index is 0.637. The number of nitrogens with one attached hydrogen (secondary N) is 1. The number of aryl methyl sites for hydroxylation is 1. The molecule has 4 nitrogen and oxygen atoms in total. The van der Waals surface area contributed by atoms with E-state index in [-0.39, 0.29) is 0 Å². The zero-order valence-electron chi connectivity index (χ0n) is 13.0. The molecule has 0 bridgehead atoms. The maximum atomic E-state index is 5.93. The van der Waals surface area contributed by atoms with Gasteiger partial charge in [-0.05, 0) is 31.9 Å². The van der Waals surface area contributed by atoms with E-state index in [2.05, 4.69) is 29.1 Å². The van der Waals surface area contributed by atoms with Gasteiger partial charge < -0.3 is 10.1 Å². The van der Waals surface area contributed by atoms with Gasteiger partial charge in [0.2, 0.25) is 5.88 Å². The van der Waals surface area contributed by atoms with E-state index in [0.717, 1.165) is 48.8 Å². The Morgan fingerprint density at radius 2 is 1.81 bits per heavy atom. The molecule has 0 amide bonds. The Morgan fingerprint density at radius 1 is 1.05 bits per heavy atom. The summed E-state index contributed by atoms with van der Waals surface area (Å²) in [5.41, 5.74) is 0.951. The minimum absolute atomic E-state index is 0.637. The van der Waals surface area contributed by atoms with E-state index in [0.29, 0.717) is 5.88 Å². The Hall–Kier alpha value is -2.10. The zero-order valence-corrected chi connectivity index (χ0v) is 13.0. The van der Waals surface area contributed by atoms with Crippen molar-refractivity contribution in [3.8, 4) is 11.6 Å². The summed E-state index contributed by atoms with van der Waals surface area (Å²) < 4.78 is 5.93. The van der Waals surface area contributed by atoms with Crippen molar-refractivity contribution < 1.29 is 4.74 Å². The van der Waals surface area contributed by atoms with Crippen LogP contribution < -0.4 is 10.1 Å². The number of rotatable bonds is 7. The van der Waals surface area contributed by atoms with Crippen LogP contribution in [0.1, 0.15) is 38.1 Å². The predicted molar refractivity (Wildman–Crippen MR) is 86.1 cm³/mol. The smallest absolute Gasteiger partial charge is 0.227 e. The molecule has 0 radical (unpaired) electrons. The quantitative estimate of drug-likeness (QED) is 0.821. The maximum Gasteiger partial charge on any atom is 0.227 e. The van der Waals surface area contributed by atoms with Gasteiger partial charge in [-0.1, -0.05) is 32.0 Å². The molecule has 0 aliphatic carbocycles. The molecule has 0 fully saturated rings. The number of benzene rings is 1. The number of nitrogens with zero attached hydrogens (tertiary/aromatic N) is 2. The van der Waals surface area contributed by atoms with Gasteiger partial charge in [-0.15, -0.1) is 0 Å². The lowest BCUT2D eigenvalue weighted by Gasteiger charge is -2.14. The topological polar surface area (TPSA) is 47.0 Å². The van der Waals surface area contributed by atoms with Crippen LogP contribution >= 0.6 is 0 Å². The Bertz CT molecular complexity index is 570. The molecule has 1 aromatic carbocycles. The van der Waals surface area contributed by atoms with Crippen molar-refractivity contribution in [3.63, 3.8) is 0 Å². The first-order valence-corrected chi connectivity index (χ1v) is 7.58. The average Bonchev–Trinajstić information content (AvgIpc) is 2.50. The highest BCUT2D eigenvalue weighted by Crippen LogP contribution is 2.27. The van der Waals surface area contributed by atoms with Gasteiger partial charge in [0.25, 0.3) is 0 Å². The normalized spacial score (nSPS) is 10.4. The number of para-hydroxylation sites is 1. The number of hydrogen-bond acceptors (Lipinski definition) is 4. The second kappa shape index (κ2) is 7.62. The highest BCUT2D eigenvalue weighted by molar-refractivity contribution is 5.49.